The molecule has 0 spiro atoms. The van der Waals surface area contributed by atoms with Crippen molar-refractivity contribution in [3.63, 3.8) is 0 Å². The number of aromatic nitrogens is 2. The lowest BCUT2D eigenvalue weighted by molar-refractivity contribution is 0.00578. The number of anilines is 1. The Bertz CT molecular complexity index is 609. The number of hydrogen-bond donors (Lipinski definition) is 0. The summed E-state index contributed by atoms with van der Waals surface area (Å²) in [6, 6.07) is 0. The van der Waals surface area contributed by atoms with Crippen molar-refractivity contribution in [1.29, 1.82) is 0 Å². The molecule has 0 aromatic carbocycles. The zero-order chi connectivity index (χ0) is 18.4. The summed E-state index contributed by atoms with van der Waals surface area (Å²) in [7, 11) is -0.0885. The maximum absolute atomic E-state index is 6.25. The minimum Gasteiger partial charge on any atom is -0.403 e. The molecule has 1 aromatic heterocycles. The molecule has 0 saturated carbocycles. The van der Waals surface area contributed by atoms with Crippen LogP contribution < -0.4 is 4.90 Å². The third-order valence-electron chi connectivity index (χ3n) is 6.47. The molecule has 3 aliphatic heterocycles. The van der Waals surface area contributed by atoms with Crippen molar-refractivity contribution in [3.05, 3.63) is 5.01 Å². The van der Waals surface area contributed by atoms with Gasteiger partial charge in [0.2, 0.25) is 5.13 Å². The van der Waals surface area contributed by atoms with E-state index >= 15 is 0 Å². The zero-order valence-electron chi connectivity index (χ0n) is 16.4. The van der Waals surface area contributed by atoms with Gasteiger partial charge in [0.1, 0.15) is 5.01 Å². The lowest BCUT2D eigenvalue weighted by Gasteiger charge is -2.32. The van der Waals surface area contributed by atoms with Crippen LogP contribution in [0.15, 0.2) is 0 Å². The van der Waals surface area contributed by atoms with Crippen molar-refractivity contribution in [2.24, 2.45) is 0 Å². The summed E-state index contributed by atoms with van der Waals surface area (Å²) >= 11 is 1.76. The molecule has 0 unspecified atom stereocenters. The molecule has 0 bridgehead atoms. The number of rotatable bonds is 3. The summed E-state index contributed by atoms with van der Waals surface area (Å²) in [6.07, 6.45) is 4.28. The third kappa shape index (κ3) is 3.53. The van der Waals surface area contributed by atoms with E-state index in [9.17, 15) is 0 Å². The van der Waals surface area contributed by atoms with E-state index in [0.717, 1.165) is 57.1 Å². The van der Waals surface area contributed by atoms with Crippen molar-refractivity contribution in [2.45, 2.75) is 76.3 Å². The SMILES string of the molecule is CC1(C)OB(C2CCN(c3nnc(C4CCOCC4)s3)CC2)OC1(C)C. The molecule has 0 N–H and O–H groups in total. The maximum Gasteiger partial charge on any atom is 0.461 e. The number of hydrogen-bond acceptors (Lipinski definition) is 7. The fourth-order valence-corrected chi connectivity index (χ4v) is 4.97. The molecule has 0 radical (unpaired) electrons. The van der Waals surface area contributed by atoms with E-state index in [2.05, 4.69) is 42.8 Å². The third-order valence-corrected chi connectivity index (χ3v) is 7.61. The van der Waals surface area contributed by atoms with Crippen LogP contribution in [0.5, 0.6) is 0 Å². The van der Waals surface area contributed by atoms with Gasteiger partial charge in [0.15, 0.2) is 0 Å². The predicted octanol–water partition coefficient (Wildman–Crippen LogP) is 3.49. The van der Waals surface area contributed by atoms with E-state index in [0.29, 0.717) is 11.7 Å². The summed E-state index contributed by atoms with van der Waals surface area (Å²) < 4.78 is 18.0. The predicted molar refractivity (Wildman–Crippen MR) is 104 cm³/mol. The van der Waals surface area contributed by atoms with Gasteiger partial charge in [-0.05, 0) is 59.2 Å². The maximum atomic E-state index is 6.25. The Hall–Kier alpha value is -0.695. The fraction of sp³-hybridized carbons (Fsp3) is 0.889. The molecule has 144 valence electrons. The van der Waals surface area contributed by atoms with Crippen molar-refractivity contribution in [3.8, 4) is 0 Å². The smallest absolute Gasteiger partial charge is 0.403 e. The van der Waals surface area contributed by atoms with Gasteiger partial charge in [0.25, 0.3) is 0 Å². The van der Waals surface area contributed by atoms with Gasteiger partial charge in [-0.3, -0.25) is 0 Å². The Labute approximate surface area is 160 Å². The Balaban J connectivity index is 1.33. The molecule has 0 atom stereocenters. The van der Waals surface area contributed by atoms with Crippen molar-refractivity contribution < 1.29 is 14.0 Å². The van der Waals surface area contributed by atoms with Gasteiger partial charge in [-0.2, -0.15) is 0 Å². The van der Waals surface area contributed by atoms with E-state index in [1.54, 1.807) is 11.3 Å². The second-order valence-corrected chi connectivity index (χ2v) is 9.75. The van der Waals surface area contributed by atoms with Crippen LogP contribution in [0.25, 0.3) is 0 Å². The molecule has 1 aromatic rings. The highest BCUT2D eigenvalue weighted by Gasteiger charge is 2.53. The topological polar surface area (TPSA) is 56.7 Å². The Morgan fingerprint density at radius 2 is 1.58 bits per heavy atom. The van der Waals surface area contributed by atoms with Gasteiger partial charge < -0.3 is 18.9 Å². The molecule has 0 amide bonds. The van der Waals surface area contributed by atoms with Crippen molar-refractivity contribution in [2.75, 3.05) is 31.2 Å². The largest absolute Gasteiger partial charge is 0.461 e. The molecule has 4 heterocycles. The average molecular weight is 379 g/mol. The summed E-state index contributed by atoms with van der Waals surface area (Å²) in [5.41, 5.74) is -0.487. The summed E-state index contributed by atoms with van der Waals surface area (Å²) in [4.78, 5) is 2.38. The highest BCUT2D eigenvalue weighted by Crippen LogP contribution is 2.43. The lowest BCUT2D eigenvalue weighted by Crippen LogP contribution is -2.41. The second-order valence-electron chi connectivity index (χ2n) is 8.76. The van der Waals surface area contributed by atoms with Gasteiger partial charge in [-0.15, -0.1) is 10.2 Å². The first kappa shape index (κ1) is 18.7. The van der Waals surface area contributed by atoms with Gasteiger partial charge in [0.05, 0.1) is 11.2 Å². The minimum absolute atomic E-state index is 0.0885. The van der Waals surface area contributed by atoms with Crippen LogP contribution in [-0.2, 0) is 14.0 Å². The molecule has 0 aliphatic carbocycles. The molecule has 6 nitrogen and oxygen atoms in total. The number of piperidine rings is 1. The lowest BCUT2D eigenvalue weighted by atomic mass is 9.67. The Morgan fingerprint density at radius 1 is 0.962 bits per heavy atom. The van der Waals surface area contributed by atoms with Gasteiger partial charge in [0, 0.05) is 32.2 Å². The van der Waals surface area contributed by atoms with E-state index < -0.39 is 0 Å². The standard InChI is InChI=1S/C18H30BN3O3S/c1-17(2)18(3,4)25-19(24-17)14-5-9-22(10-6-14)16-21-20-15(26-16)13-7-11-23-12-8-13/h13-14H,5-12H2,1-4H3. The zero-order valence-corrected chi connectivity index (χ0v) is 17.2. The molecular formula is C18H30BN3O3S. The molecule has 3 saturated heterocycles. The normalized spacial score (nSPS) is 27.2. The molecule has 8 heteroatoms. The van der Waals surface area contributed by atoms with E-state index in [1.807, 2.05) is 0 Å². The first-order valence-electron chi connectivity index (χ1n) is 9.87. The summed E-state index contributed by atoms with van der Waals surface area (Å²) in [5, 5.41) is 11.2. The van der Waals surface area contributed by atoms with Crippen molar-refractivity contribution >= 4 is 23.6 Å². The Morgan fingerprint density at radius 3 is 2.19 bits per heavy atom. The van der Waals surface area contributed by atoms with Crippen LogP contribution in [-0.4, -0.2) is 54.8 Å². The monoisotopic (exact) mass is 379 g/mol. The van der Waals surface area contributed by atoms with Crippen LogP contribution in [0.3, 0.4) is 0 Å². The molecule has 3 aliphatic rings. The molecule has 26 heavy (non-hydrogen) atoms. The van der Waals surface area contributed by atoms with Gasteiger partial charge in [-0.1, -0.05) is 11.3 Å². The fourth-order valence-electron chi connectivity index (χ4n) is 3.91. The summed E-state index contributed by atoms with van der Waals surface area (Å²) in [5.74, 6) is 0.979. The number of nitrogens with zero attached hydrogens (tertiary/aromatic N) is 3. The van der Waals surface area contributed by atoms with Gasteiger partial charge >= 0.3 is 7.12 Å². The highest BCUT2D eigenvalue weighted by molar-refractivity contribution is 7.15. The minimum atomic E-state index is -0.243. The quantitative estimate of drug-likeness (QED) is 0.750. The van der Waals surface area contributed by atoms with Gasteiger partial charge in [-0.25, -0.2) is 0 Å². The van der Waals surface area contributed by atoms with Crippen LogP contribution >= 0.6 is 11.3 Å². The highest BCUT2D eigenvalue weighted by atomic mass is 32.1. The van der Waals surface area contributed by atoms with Crippen LogP contribution in [0.4, 0.5) is 5.13 Å². The van der Waals surface area contributed by atoms with E-state index in [4.69, 9.17) is 14.0 Å². The number of ether oxygens (including phenoxy) is 1. The van der Waals surface area contributed by atoms with Crippen molar-refractivity contribution in [1.82, 2.24) is 10.2 Å². The molecule has 4 rings (SSSR count). The van der Waals surface area contributed by atoms with Crippen LogP contribution in [0.2, 0.25) is 5.82 Å². The van der Waals surface area contributed by atoms with Crippen LogP contribution in [0, 0.1) is 0 Å². The van der Waals surface area contributed by atoms with Crippen LogP contribution in [0.1, 0.15) is 64.3 Å². The molecular weight excluding hydrogens is 349 g/mol. The van der Waals surface area contributed by atoms with E-state index in [1.165, 1.54) is 5.01 Å². The Kier molecular flexibility index (Phi) is 5.05. The first-order valence-corrected chi connectivity index (χ1v) is 10.7. The average Bonchev–Trinajstić information content (AvgIpc) is 3.19. The molecule has 3 fully saturated rings. The first-order chi connectivity index (χ1) is 12.4. The summed E-state index contributed by atoms with van der Waals surface area (Å²) in [6.45, 7) is 12.2. The van der Waals surface area contributed by atoms with E-state index in [-0.39, 0.29) is 18.3 Å². The second kappa shape index (κ2) is 7.04.